The Morgan fingerprint density at radius 2 is 2.26 bits per heavy atom. The van der Waals surface area contributed by atoms with Crippen molar-refractivity contribution in [2.75, 3.05) is 33.7 Å². The highest BCUT2D eigenvalue weighted by molar-refractivity contribution is 7.12. The van der Waals surface area contributed by atoms with Crippen LogP contribution in [0.15, 0.2) is 12.1 Å². The molecule has 19 heavy (non-hydrogen) atoms. The van der Waals surface area contributed by atoms with Gasteiger partial charge in [0.15, 0.2) is 0 Å². The van der Waals surface area contributed by atoms with E-state index < -0.39 is 5.60 Å². The van der Waals surface area contributed by atoms with Gasteiger partial charge in [-0.05, 0) is 39.6 Å². The maximum Gasteiger partial charge on any atom is 0.227 e. The summed E-state index contributed by atoms with van der Waals surface area (Å²) in [5, 5.41) is 10.4. The first-order valence-corrected chi connectivity index (χ1v) is 7.40. The third-order valence-electron chi connectivity index (χ3n) is 3.42. The normalized spacial score (nSPS) is 23.3. The van der Waals surface area contributed by atoms with Gasteiger partial charge in [-0.15, -0.1) is 11.3 Å². The van der Waals surface area contributed by atoms with Crippen LogP contribution in [0.1, 0.15) is 16.2 Å². The van der Waals surface area contributed by atoms with Gasteiger partial charge in [-0.2, -0.15) is 0 Å². The smallest absolute Gasteiger partial charge is 0.227 e. The van der Waals surface area contributed by atoms with Crippen molar-refractivity contribution in [3.8, 4) is 0 Å². The van der Waals surface area contributed by atoms with Crippen molar-refractivity contribution in [2.45, 2.75) is 25.4 Å². The second kappa shape index (κ2) is 5.61. The molecular formula is C14H22N2O2S. The van der Waals surface area contributed by atoms with Gasteiger partial charge in [-0.3, -0.25) is 4.79 Å². The summed E-state index contributed by atoms with van der Waals surface area (Å²) < 4.78 is 0. The predicted octanol–water partition coefficient (Wildman–Crippen LogP) is 1.12. The maximum atomic E-state index is 12.2. The van der Waals surface area contributed by atoms with Gasteiger partial charge in [-0.1, -0.05) is 0 Å². The molecule has 0 aromatic carbocycles. The average Bonchev–Trinajstić information content (AvgIpc) is 2.84. The van der Waals surface area contributed by atoms with Crippen molar-refractivity contribution < 1.29 is 9.90 Å². The highest BCUT2D eigenvalue weighted by atomic mass is 32.1. The number of nitrogens with zero attached hydrogens (tertiary/aromatic N) is 2. The number of amides is 1. The second-order valence-corrected chi connectivity index (χ2v) is 7.09. The van der Waals surface area contributed by atoms with E-state index in [0.717, 1.165) is 4.88 Å². The zero-order chi connectivity index (χ0) is 14.0. The number of carbonyl (C=O) groups is 1. The molecule has 1 unspecified atom stereocenters. The van der Waals surface area contributed by atoms with Gasteiger partial charge in [0, 0.05) is 22.8 Å². The van der Waals surface area contributed by atoms with Crippen LogP contribution in [0.2, 0.25) is 0 Å². The van der Waals surface area contributed by atoms with E-state index in [9.17, 15) is 9.90 Å². The lowest BCUT2D eigenvalue weighted by Gasteiger charge is -2.26. The molecule has 4 nitrogen and oxygen atoms in total. The Kier molecular flexibility index (Phi) is 4.28. The van der Waals surface area contributed by atoms with E-state index in [1.807, 2.05) is 38.1 Å². The number of carbonyl (C=O) groups excluding carboxylic acids is 1. The van der Waals surface area contributed by atoms with Crippen LogP contribution in [0.5, 0.6) is 0 Å². The molecule has 1 N–H and O–H groups in total. The molecule has 1 fully saturated rings. The number of likely N-dealkylation sites (tertiary alicyclic amines) is 1. The molecule has 0 aliphatic carbocycles. The minimum absolute atomic E-state index is 0.122. The summed E-state index contributed by atoms with van der Waals surface area (Å²) in [5.74, 6) is 0.122. The first kappa shape index (κ1) is 14.5. The molecular weight excluding hydrogens is 260 g/mol. The molecule has 1 atom stereocenters. The predicted molar refractivity (Wildman–Crippen MR) is 77.5 cm³/mol. The van der Waals surface area contributed by atoms with Gasteiger partial charge in [0.2, 0.25) is 5.91 Å². The summed E-state index contributed by atoms with van der Waals surface area (Å²) in [4.78, 5) is 18.3. The molecule has 0 bridgehead atoms. The minimum Gasteiger partial charge on any atom is -0.387 e. The van der Waals surface area contributed by atoms with Gasteiger partial charge in [0.25, 0.3) is 0 Å². The van der Waals surface area contributed by atoms with Crippen LogP contribution in [0, 0.1) is 6.92 Å². The van der Waals surface area contributed by atoms with E-state index in [4.69, 9.17) is 0 Å². The minimum atomic E-state index is -0.746. The van der Waals surface area contributed by atoms with E-state index in [1.54, 1.807) is 16.2 Å². The molecule has 2 heterocycles. The average molecular weight is 282 g/mol. The van der Waals surface area contributed by atoms with Crippen LogP contribution in [0.4, 0.5) is 0 Å². The molecule has 0 saturated carbocycles. The van der Waals surface area contributed by atoms with Gasteiger partial charge >= 0.3 is 0 Å². The SMILES string of the molecule is Cc1ccc(CC(=O)N2CCC(O)(CN(C)C)C2)s1. The fourth-order valence-corrected chi connectivity index (χ4v) is 3.51. The van der Waals surface area contributed by atoms with Gasteiger partial charge in [-0.25, -0.2) is 0 Å². The fraction of sp³-hybridized carbons (Fsp3) is 0.643. The number of likely N-dealkylation sites (N-methyl/N-ethyl adjacent to an activating group) is 1. The molecule has 0 radical (unpaired) electrons. The lowest BCUT2D eigenvalue weighted by molar-refractivity contribution is -0.130. The van der Waals surface area contributed by atoms with Crippen molar-refractivity contribution in [3.05, 3.63) is 21.9 Å². The zero-order valence-electron chi connectivity index (χ0n) is 11.8. The van der Waals surface area contributed by atoms with E-state index in [-0.39, 0.29) is 5.91 Å². The molecule has 106 valence electrons. The van der Waals surface area contributed by atoms with E-state index in [0.29, 0.717) is 32.5 Å². The van der Waals surface area contributed by atoms with E-state index in [1.165, 1.54) is 4.88 Å². The molecule has 1 saturated heterocycles. The van der Waals surface area contributed by atoms with Crippen LogP contribution in [0.25, 0.3) is 0 Å². The standard InChI is InChI=1S/C14H22N2O2S/c1-11-4-5-12(19-11)8-13(17)16-7-6-14(18,10-16)9-15(2)3/h4-5,18H,6-10H2,1-3H3. The molecule has 1 amide bonds. The molecule has 0 spiro atoms. The van der Waals surface area contributed by atoms with Crippen molar-refractivity contribution in [1.29, 1.82) is 0 Å². The number of thiophene rings is 1. The molecule has 1 aromatic heterocycles. The maximum absolute atomic E-state index is 12.2. The van der Waals surface area contributed by atoms with E-state index in [2.05, 4.69) is 0 Å². The lowest BCUT2D eigenvalue weighted by Crippen LogP contribution is -2.43. The summed E-state index contributed by atoms with van der Waals surface area (Å²) in [6.07, 6.45) is 1.12. The Balaban J connectivity index is 1.91. The van der Waals surface area contributed by atoms with Crippen molar-refractivity contribution in [1.82, 2.24) is 9.80 Å². The van der Waals surface area contributed by atoms with Crippen LogP contribution >= 0.6 is 11.3 Å². The van der Waals surface area contributed by atoms with Crippen molar-refractivity contribution >= 4 is 17.2 Å². The first-order valence-electron chi connectivity index (χ1n) is 6.58. The molecule has 1 aliphatic rings. The summed E-state index contributed by atoms with van der Waals surface area (Å²) >= 11 is 1.67. The molecule has 2 rings (SSSR count). The Labute approximate surface area is 118 Å². The second-order valence-electron chi connectivity index (χ2n) is 5.72. The number of rotatable bonds is 4. The number of hydrogen-bond acceptors (Lipinski definition) is 4. The largest absolute Gasteiger partial charge is 0.387 e. The quantitative estimate of drug-likeness (QED) is 0.900. The number of aliphatic hydroxyl groups is 1. The number of hydrogen-bond donors (Lipinski definition) is 1. The summed E-state index contributed by atoms with van der Waals surface area (Å²) in [6.45, 7) is 3.76. The highest BCUT2D eigenvalue weighted by Gasteiger charge is 2.38. The number of β-amino-alcohol motifs (C(OH)–C–C–N with tert-alkyl or cyclic N) is 1. The Hall–Kier alpha value is -0.910. The van der Waals surface area contributed by atoms with Crippen LogP contribution in [-0.2, 0) is 11.2 Å². The molecule has 1 aromatic rings. The van der Waals surface area contributed by atoms with Crippen molar-refractivity contribution in [2.24, 2.45) is 0 Å². The Morgan fingerprint density at radius 3 is 2.84 bits per heavy atom. The van der Waals surface area contributed by atoms with Gasteiger partial charge < -0.3 is 14.9 Å². The Morgan fingerprint density at radius 1 is 1.53 bits per heavy atom. The summed E-state index contributed by atoms with van der Waals surface area (Å²) in [6, 6.07) is 4.06. The number of aryl methyl sites for hydroxylation is 1. The Bertz CT molecular complexity index is 458. The van der Waals surface area contributed by atoms with Gasteiger partial charge in [0.05, 0.1) is 18.6 Å². The lowest BCUT2D eigenvalue weighted by atomic mass is 10.0. The van der Waals surface area contributed by atoms with Crippen LogP contribution in [-0.4, -0.2) is 60.1 Å². The monoisotopic (exact) mass is 282 g/mol. The topological polar surface area (TPSA) is 43.8 Å². The zero-order valence-corrected chi connectivity index (χ0v) is 12.7. The third-order valence-corrected chi connectivity index (χ3v) is 4.42. The van der Waals surface area contributed by atoms with Gasteiger partial charge in [0.1, 0.15) is 0 Å². The van der Waals surface area contributed by atoms with Crippen LogP contribution in [0.3, 0.4) is 0 Å². The fourth-order valence-electron chi connectivity index (χ4n) is 2.63. The molecule has 5 heteroatoms. The van der Waals surface area contributed by atoms with Crippen LogP contribution < -0.4 is 0 Å². The van der Waals surface area contributed by atoms with Crippen molar-refractivity contribution in [3.63, 3.8) is 0 Å². The first-order chi connectivity index (χ1) is 8.88. The van der Waals surface area contributed by atoms with E-state index >= 15 is 0 Å². The third kappa shape index (κ3) is 3.78. The summed E-state index contributed by atoms with van der Waals surface area (Å²) in [7, 11) is 3.88. The highest BCUT2D eigenvalue weighted by Crippen LogP contribution is 2.23. The summed E-state index contributed by atoms with van der Waals surface area (Å²) in [5.41, 5.74) is -0.746. The molecule has 1 aliphatic heterocycles.